The number of aryl methyl sites for hydroxylation is 1. The van der Waals surface area contributed by atoms with Crippen molar-refractivity contribution in [1.29, 1.82) is 0 Å². The maximum absolute atomic E-state index is 13.4. The Balaban J connectivity index is 1.47. The van der Waals surface area contributed by atoms with Gasteiger partial charge in [0, 0.05) is 17.0 Å². The highest BCUT2D eigenvalue weighted by atomic mass is 19.4. The Bertz CT molecular complexity index is 1320. The van der Waals surface area contributed by atoms with Crippen LogP contribution in [-0.2, 0) is 28.8 Å². The van der Waals surface area contributed by atoms with Gasteiger partial charge in [-0.05, 0) is 44.2 Å². The van der Waals surface area contributed by atoms with E-state index in [9.17, 15) is 22.8 Å². The number of fused-ring (bicyclic) bond motifs is 1. The van der Waals surface area contributed by atoms with Crippen LogP contribution in [0.25, 0.3) is 11.0 Å². The molecule has 0 spiro atoms. The van der Waals surface area contributed by atoms with Gasteiger partial charge in [0.15, 0.2) is 6.61 Å². The Kier molecular flexibility index (Phi) is 5.84. The Hall–Kier alpha value is -3.82. The first-order valence-electron chi connectivity index (χ1n) is 10.1. The number of benzene rings is 1. The van der Waals surface area contributed by atoms with Gasteiger partial charge in [-0.25, -0.2) is 4.98 Å². The van der Waals surface area contributed by atoms with Gasteiger partial charge in [-0.2, -0.15) is 13.2 Å². The van der Waals surface area contributed by atoms with Crippen molar-refractivity contribution in [3.8, 4) is 0 Å². The molecule has 3 aromatic heterocycles. The van der Waals surface area contributed by atoms with Gasteiger partial charge < -0.3 is 18.3 Å². The van der Waals surface area contributed by atoms with Crippen LogP contribution in [0.5, 0.6) is 0 Å². The number of para-hydroxylation sites is 2. The summed E-state index contributed by atoms with van der Waals surface area (Å²) < 4.78 is 53.2. The lowest BCUT2D eigenvalue weighted by Crippen LogP contribution is -2.22. The van der Waals surface area contributed by atoms with Crippen molar-refractivity contribution >= 4 is 22.8 Å². The molecule has 0 atom stereocenters. The zero-order chi connectivity index (χ0) is 23.8. The molecule has 0 amide bonds. The minimum atomic E-state index is -4.75. The second kappa shape index (κ2) is 8.61. The zero-order valence-corrected chi connectivity index (χ0v) is 17.8. The summed E-state index contributed by atoms with van der Waals surface area (Å²) in [5.74, 6) is -1.90. The number of rotatable bonds is 7. The molecule has 1 aromatic carbocycles. The lowest BCUT2D eigenvalue weighted by Gasteiger charge is -2.11. The van der Waals surface area contributed by atoms with Crippen LogP contribution in [0.2, 0.25) is 0 Å². The summed E-state index contributed by atoms with van der Waals surface area (Å²) in [5, 5.41) is 0. The van der Waals surface area contributed by atoms with Crippen molar-refractivity contribution in [2.24, 2.45) is 0 Å². The highest BCUT2D eigenvalue weighted by Gasteiger charge is 2.38. The fourth-order valence-corrected chi connectivity index (χ4v) is 3.74. The maximum Gasteiger partial charge on any atom is 0.449 e. The number of ketones is 1. The summed E-state index contributed by atoms with van der Waals surface area (Å²) in [5.41, 5.74) is 2.12. The van der Waals surface area contributed by atoms with Gasteiger partial charge in [0.05, 0.1) is 23.8 Å². The van der Waals surface area contributed by atoms with E-state index >= 15 is 0 Å². The standard InChI is InChI=1S/C23H20F3N3O4/c1-14-10-17(15(2)28(14)11-16-6-5-9-32-16)20(30)13-33-21(31)12-29-19-8-4-3-7-18(19)27-22(29)23(24,25)26/h3-10H,11-13H2,1-2H3. The fourth-order valence-electron chi connectivity index (χ4n) is 3.74. The van der Waals surface area contributed by atoms with E-state index < -0.39 is 36.9 Å². The Morgan fingerprint density at radius 1 is 1.09 bits per heavy atom. The number of ether oxygens (including phenoxy) is 1. The number of esters is 1. The number of aromatic nitrogens is 3. The molecule has 0 N–H and O–H groups in total. The SMILES string of the molecule is Cc1cc(C(=O)COC(=O)Cn2c(C(F)(F)F)nc3ccccc32)c(C)n1Cc1ccco1. The first-order chi connectivity index (χ1) is 15.6. The molecule has 0 aliphatic heterocycles. The minimum Gasteiger partial charge on any atom is -0.467 e. The molecule has 0 fully saturated rings. The number of hydrogen-bond donors (Lipinski definition) is 0. The second-order valence-corrected chi connectivity index (χ2v) is 7.54. The zero-order valence-electron chi connectivity index (χ0n) is 17.8. The summed E-state index contributed by atoms with van der Waals surface area (Å²) >= 11 is 0. The van der Waals surface area contributed by atoms with Crippen LogP contribution in [0.15, 0.2) is 53.1 Å². The monoisotopic (exact) mass is 459 g/mol. The van der Waals surface area contributed by atoms with Crippen molar-refractivity contribution in [2.45, 2.75) is 33.1 Å². The lowest BCUT2D eigenvalue weighted by molar-refractivity contribution is -0.150. The molecule has 7 nitrogen and oxygen atoms in total. The van der Waals surface area contributed by atoms with Crippen LogP contribution in [0, 0.1) is 13.8 Å². The number of nitrogens with zero attached hydrogens (tertiary/aromatic N) is 3. The predicted octanol–water partition coefficient (Wildman–Crippen LogP) is 4.54. The topological polar surface area (TPSA) is 79.3 Å². The Labute approximate surface area is 186 Å². The smallest absolute Gasteiger partial charge is 0.449 e. The highest BCUT2D eigenvalue weighted by Crippen LogP contribution is 2.31. The maximum atomic E-state index is 13.4. The van der Waals surface area contributed by atoms with Crippen molar-refractivity contribution < 1.29 is 31.9 Å². The summed E-state index contributed by atoms with van der Waals surface area (Å²) in [4.78, 5) is 28.6. The van der Waals surface area contributed by atoms with Crippen LogP contribution in [0.1, 0.15) is 33.3 Å². The van der Waals surface area contributed by atoms with Gasteiger partial charge in [-0.1, -0.05) is 12.1 Å². The molecule has 4 rings (SSSR count). The number of Topliss-reactive ketones (excluding diaryl/α,β-unsaturated/α-hetero) is 1. The molecule has 0 unspecified atom stereocenters. The van der Waals surface area contributed by atoms with Crippen LogP contribution in [0.3, 0.4) is 0 Å². The molecule has 0 radical (unpaired) electrons. The van der Waals surface area contributed by atoms with E-state index in [2.05, 4.69) is 4.98 Å². The van der Waals surface area contributed by atoms with Gasteiger partial charge >= 0.3 is 12.1 Å². The van der Waals surface area contributed by atoms with Gasteiger partial charge in [0.25, 0.3) is 0 Å². The van der Waals surface area contributed by atoms with Crippen LogP contribution in [-0.4, -0.2) is 32.5 Å². The minimum absolute atomic E-state index is 0.109. The number of imidazole rings is 1. The lowest BCUT2D eigenvalue weighted by atomic mass is 10.1. The van der Waals surface area contributed by atoms with E-state index in [0.29, 0.717) is 17.8 Å². The van der Waals surface area contributed by atoms with Gasteiger partial charge in [0.1, 0.15) is 12.3 Å². The van der Waals surface area contributed by atoms with Crippen molar-refractivity contribution in [1.82, 2.24) is 14.1 Å². The van der Waals surface area contributed by atoms with E-state index in [-0.39, 0.29) is 11.0 Å². The molecule has 0 saturated heterocycles. The number of hydrogen-bond acceptors (Lipinski definition) is 5. The molecule has 172 valence electrons. The van der Waals surface area contributed by atoms with E-state index in [1.165, 1.54) is 12.1 Å². The highest BCUT2D eigenvalue weighted by molar-refractivity contribution is 5.99. The number of alkyl halides is 3. The average molecular weight is 459 g/mol. The predicted molar refractivity (Wildman–Crippen MR) is 112 cm³/mol. The van der Waals surface area contributed by atoms with Gasteiger partial charge in [-0.15, -0.1) is 0 Å². The van der Waals surface area contributed by atoms with E-state index in [1.54, 1.807) is 37.5 Å². The van der Waals surface area contributed by atoms with Gasteiger partial charge in [0.2, 0.25) is 11.6 Å². The van der Waals surface area contributed by atoms with Crippen molar-refractivity contribution in [2.75, 3.05) is 6.61 Å². The third kappa shape index (κ3) is 4.55. The summed E-state index contributed by atoms with van der Waals surface area (Å²) in [7, 11) is 0. The average Bonchev–Trinajstić information content (AvgIpc) is 3.47. The Morgan fingerprint density at radius 3 is 2.55 bits per heavy atom. The third-order valence-electron chi connectivity index (χ3n) is 5.33. The van der Waals surface area contributed by atoms with Crippen LogP contribution < -0.4 is 0 Å². The second-order valence-electron chi connectivity index (χ2n) is 7.54. The number of carbonyl (C=O) groups excluding carboxylic acids is 2. The number of carbonyl (C=O) groups is 2. The number of halogens is 3. The fraction of sp³-hybridized carbons (Fsp3) is 0.261. The summed E-state index contributed by atoms with van der Waals surface area (Å²) in [6.07, 6.45) is -3.19. The normalized spacial score (nSPS) is 11.8. The van der Waals surface area contributed by atoms with Crippen molar-refractivity contribution in [3.63, 3.8) is 0 Å². The molecular formula is C23H20F3N3O4. The number of furan rings is 1. The third-order valence-corrected chi connectivity index (χ3v) is 5.33. The molecule has 0 saturated carbocycles. The van der Waals surface area contributed by atoms with E-state index in [0.717, 1.165) is 16.0 Å². The van der Waals surface area contributed by atoms with Gasteiger partial charge in [-0.3, -0.25) is 9.59 Å². The Morgan fingerprint density at radius 2 is 1.85 bits per heavy atom. The summed E-state index contributed by atoms with van der Waals surface area (Å²) in [6.45, 7) is 2.73. The van der Waals surface area contributed by atoms with Crippen LogP contribution >= 0.6 is 0 Å². The molecule has 33 heavy (non-hydrogen) atoms. The molecule has 10 heteroatoms. The van der Waals surface area contributed by atoms with Crippen molar-refractivity contribution in [3.05, 3.63) is 77.3 Å². The molecule has 4 aromatic rings. The molecule has 0 aliphatic carbocycles. The largest absolute Gasteiger partial charge is 0.467 e. The molecule has 0 bridgehead atoms. The first kappa shape index (κ1) is 22.4. The summed E-state index contributed by atoms with van der Waals surface area (Å²) in [6, 6.07) is 11.2. The quantitative estimate of drug-likeness (QED) is 0.300. The molecule has 3 heterocycles. The first-order valence-corrected chi connectivity index (χ1v) is 10.1. The molecule has 0 aliphatic rings. The molecular weight excluding hydrogens is 439 g/mol. The van der Waals surface area contributed by atoms with E-state index in [1.807, 2.05) is 17.6 Å². The van der Waals surface area contributed by atoms with E-state index in [4.69, 9.17) is 9.15 Å². The van der Waals surface area contributed by atoms with Crippen LogP contribution in [0.4, 0.5) is 13.2 Å².